The van der Waals surface area contributed by atoms with E-state index in [4.69, 9.17) is 9.84 Å². The molecule has 7 heteroatoms. The van der Waals surface area contributed by atoms with Crippen LogP contribution in [0.2, 0.25) is 0 Å². The summed E-state index contributed by atoms with van der Waals surface area (Å²) in [5, 5.41) is 11.1. The van der Waals surface area contributed by atoms with Crippen molar-refractivity contribution in [2.24, 2.45) is 0 Å². The van der Waals surface area contributed by atoms with E-state index in [1.54, 1.807) is 20.8 Å². The first-order valence-electron chi connectivity index (χ1n) is 4.98. The molecule has 0 radical (unpaired) electrons. The molecule has 0 unspecified atom stereocenters. The lowest BCUT2D eigenvalue weighted by molar-refractivity contribution is 0.0635. The van der Waals surface area contributed by atoms with Gasteiger partial charge in [-0.1, -0.05) is 0 Å². The van der Waals surface area contributed by atoms with Gasteiger partial charge in [-0.25, -0.2) is 9.18 Å². The molecule has 0 saturated heterocycles. The van der Waals surface area contributed by atoms with E-state index < -0.39 is 34.8 Å². The molecule has 0 aliphatic heterocycles. The van der Waals surface area contributed by atoms with E-state index in [0.717, 1.165) is 6.07 Å². The van der Waals surface area contributed by atoms with Crippen molar-refractivity contribution in [3.05, 3.63) is 22.2 Å². The molecule has 2 N–H and O–H groups in total. The molecular weight excluding hydrogens is 312 g/mol. The van der Waals surface area contributed by atoms with Crippen LogP contribution in [0.15, 0.2) is 10.5 Å². The molecule has 1 amide bonds. The number of phenols is 1. The van der Waals surface area contributed by atoms with Crippen LogP contribution < -0.4 is 5.32 Å². The summed E-state index contributed by atoms with van der Waals surface area (Å²) < 4.78 is 31.5. The zero-order chi connectivity index (χ0) is 14.1. The summed E-state index contributed by atoms with van der Waals surface area (Å²) in [5.41, 5.74) is -1.19. The van der Waals surface area contributed by atoms with Crippen LogP contribution in [-0.4, -0.2) is 16.8 Å². The molecule has 0 fully saturated rings. The predicted octanol–water partition coefficient (Wildman–Crippen LogP) is 3.78. The van der Waals surface area contributed by atoms with Crippen LogP contribution in [0.1, 0.15) is 20.8 Å². The van der Waals surface area contributed by atoms with Crippen molar-refractivity contribution in [1.29, 1.82) is 0 Å². The lowest BCUT2D eigenvalue weighted by Gasteiger charge is -2.20. The van der Waals surface area contributed by atoms with Gasteiger partial charge in [0.2, 0.25) is 5.82 Å². The number of rotatable bonds is 1. The van der Waals surface area contributed by atoms with Crippen LogP contribution in [0.3, 0.4) is 0 Å². The maximum atomic E-state index is 13.5. The maximum Gasteiger partial charge on any atom is 0.412 e. The lowest BCUT2D eigenvalue weighted by Crippen LogP contribution is -2.27. The second-order valence-electron chi connectivity index (χ2n) is 4.51. The Bertz CT molecular complexity index is 486. The minimum atomic E-state index is -1.44. The minimum absolute atomic E-state index is 0.00441. The predicted molar refractivity (Wildman–Crippen MR) is 65.6 cm³/mol. The van der Waals surface area contributed by atoms with Gasteiger partial charge in [0.05, 0.1) is 5.69 Å². The molecule has 0 saturated carbocycles. The number of aromatic hydroxyl groups is 1. The first kappa shape index (κ1) is 14.7. The largest absolute Gasteiger partial charge is 0.505 e. The zero-order valence-corrected chi connectivity index (χ0v) is 11.6. The first-order valence-corrected chi connectivity index (χ1v) is 5.77. The molecule has 1 rings (SSSR count). The molecule has 0 bridgehead atoms. The maximum absolute atomic E-state index is 13.5. The summed E-state index contributed by atoms with van der Waals surface area (Å²) in [6.45, 7) is 4.90. The number of ether oxygens (including phenoxy) is 1. The third-order valence-electron chi connectivity index (χ3n) is 1.77. The van der Waals surface area contributed by atoms with E-state index in [2.05, 4.69) is 21.2 Å². The number of amides is 1. The Morgan fingerprint density at radius 3 is 2.44 bits per heavy atom. The van der Waals surface area contributed by atoms with Gasteiger partial charge in [-0.3, -0.25) is 5.32 Å². The highest BCUT2D eigenvalue weighted by Crippen LogP contribution is 2.33. The van der Waals surface area contributed by atoms with Gasteiger partial charge >= 0.3 is 6.09 Å². The molecule has 4 nitrogen and oxygen atoms in total. The molecular formula is C11H12BrF2NO3. The number of nitrogens with one attached hydrogen (secondary N) is 1. The van der Waals surface area contributed by atoms with E-state index in [1.165, 1.54) is 0 Å². The van der Waals surface area contributed by atoms with Crippen LogP contribution in [0.5, 0.6) is 5.75 Å². The van der Waals surface area contributed by atoms with Crippen LogP contribution in [0.4, 0.5) is 19.3 Å². The van der Waals surface area contributed by atoms with Gasteiger partial charge in [0.15, 0.2) is 11.6 Å². The second kappa shape index (κ2) is 5.09. The standard InChI is InChI=1S/C11H12BrF2NO3/c1-11(2,3)18-10(17)15-9-5(12)4-6(16)7(13)8(9)14/h4,16H,1-3H3,(H,15,17). The number of phenolic OH excluding ortho intramolecular Hbond substituents is 1. The summed E-state index contributed by atoms with van der Waals surface area (Å²) >= 11 is 2.90. The molecule has 18 heavy (non-hydrogen) atoms. The van der Waals surface area contributed by atoms with E-state index in [-0.39, 0.29) is 4.47 Å². The Hall–Kier alpha value is -1.37. The molecule has 0 aliphatic rings. The van der Waals surface area contributed by atoms with Crippen LogP contribution in [-0.2, 0) is 4.74 Å². The van der Waals surface area contributed by atoms with Gasteiger partial charge in [-0.15, -0.1) is 0 Å². The van der Waals surface area contributed by atoms with Gasteiger partial charge in [0, 0.05) is 4.47 Å². The topological polar surface area (TPSA) is 58.6 Å². The highest BCUT2D eigenvalue weighted by atomic mass is 79.9. The molecule has 100 valence electrons. The average molecular weight is 324 g/mol. The zero-order valence-electron chi connectivity index (χ0n) is 9.97. The Balaban J connectivity index is 2.99. The average Bonchev–Trinajstić information content (AvgIpc) is 2.19. The van der Waals surface area contributed by atoms with Gasteiger partial charge in [0.25, 0.3) is 0 Å². The van der Waals surface area contributed by atoms with Crippen molar-refractivity contribution in [2.75, 3.05) is 5.32 Å². The monoisotopic (exact) mass is 323 g/mol. The smallest absolute Gasteiger partial charge is 0.412 e. The SMILES string of the molecule is CC(C)(C)OC(=O)Nc1c(Br)cc(O)c(F)c1F. The normalized spacial score (nSPS) is 11.2. The Morgan fingerprint density at radius 2 is 1.94 bits per heavy atom. The molecule has 0 aromatic heterocycles. The lowest BCUT2D eigenvalue weighted by atomic mass is 10.2. The first-order chi connectivity index (χ1) is 8.11. The van der Waals surface area contributed by atoms with Gasteiger partial charge in [-0.2, -0.15) is 4.39 Å². The molecule has 0 atom stereocenters. The Labute approximate surface area is 111 Å². The van der Waals surface area contributed by atoms with Gasteiger partial charge in [-0.05, 0) is 42.8 Å². The number of carbonyl (C=O) groups is 1. The number of benzene rings is 1. The van der Waals surface area contributed by atoms with Gasteiger partial charge < -0.3 is 9.84 Å². The third-order valence-corrected chi connectivity index (χ3v) is 2.39. The van der Waals surface area contributed by atoms with E-state index in [1.807, 2.05) is 0 Å². The quantitative estimate of drug-likeness (QED) is 0.610. The van der Waals surface area contributed by atoms with Crippen molar-refractivity contribution in [2.45, 2.75) is 26.4 Å². The van der Waals surface area contributed by atoms with Crippen molar-refractivity contribution in [1.82, 2.24) is 0 Å². The summed E-state index contributed by atoms with van der Waals surface area (Å²) in [6, 6.07) is 0.936. The molecule has 1 aromatic rings. The molecule has 0 heterocycles. The summed E-state index contributed by atoms with van der Waals surface area (Å²) in [6.07, 6.45) is -0.924. The van der Waals surface area contributed by atoms with Crippen molar-refractivity contribution in [3.8, 4) is 5.75 Å². The number of anilines is 1. The number of halogens is 3. The molecule has 0 aliphatic carbocycles. The Kier molecular flexibility index (Phi) is 4.16. The number of hydrogen-bond acceptors (Lipinski definition) is 3. The van der Waals surface area contributed by atoms with Crippen molar-refractivity contribution >= 4 is 27.7 Å². The minimum Gasteiger partial charge on any atom is -0.505 e. The van der Waals surface area contributed by atoms with Crippen LogP contribution in [0, 0.1) is 11.6 Å². The fraction of sp³-hybridized carbons (Fsp3) is 0.364. The summed E-state index contributed by atoms with van der Waals surface area (Å²) in [4.78, 5) is 11.4. The summed E-state index contributed by atoms with van der Waals surface area (Å²) in [5.74, 6) is -3.66. The van der Waals surface area contributed by atoms with Crippen LogP contribution >= 0.6 is 15.9 Å². The summed E-state index contributed by atoms with van der Waals surface area (Å²) in [7, 11) is 0. The molecule has 1 aromatic carbocycles. The van der Waals surface area contributed by atoms with Crippen molar-refractivity contribution < 1.29 is 23.4 Å². The van der Waals surface area contributed by atoms with Gasteiger partial charge in [0.1, 0.15) is 5.60 Å². The van der Waals surface area contributed by atoms with Crippen molar-refractivity contribution in [3.63, 3.8) is 0 Å². The highest BCUT2D eigenvalue weighted by Gasteiger charge is 2.22. The highest BCUT2D eigenvalue weighted by molar-refractivity contribution is 9.10. The van der Waals surface area contributed by atoms with E-state index in [9.17, 15) is 13.6 Å². The van der Waals surface area contributed by atoms with E-state index >= 15 is 0 Å². The van der Waals surface area contributed by atoms with E-state index in [0.29, 0.717) is 0 Å². The third kappa shape index (κ3) is 3.56. The second-order valence-corrected chi connectivity index (χ2v) is 5.36. The molecule has 0 spiro atoms. The fourth-order valence-corrected chi connectivity index (χ4v) is 1.59. The van der Waals surface area contributed by atoms with Crippen LogP contribution in [0.25, 0.3) is 0 Å². The fourth-order valence-electron chi connectivity index (χ4n) is 1.10. The Morgan fingerprint density at radius 1 is 1.39 bits per heavy atom. The number of carbonyl (C=O) groups excluding carboxylic acids is 1. The number of hydrogen-bond donors (Lipinski definition) is 2.